The molecule has 1 heterocycles. The van der Waals surface area contributed by atoms with E-state index in [0.717, 1.165) is 25.6 Å². The molecule has 0 N–H and O–H groups in total. The van der Waals surface area contributed by atoms with Crippen LogP contribution in [0, 0.1) is 6.10 Å². The van der Waals surface area contributed by atoms with Crippen LogP contribution in [0.25, 0.3) is 0 Å². The molecule has 0 atom stereocenters. The number of ether oxygens (including phenoxy) is 2. The highest BCUT2D eigenvalue weighted by atomic mass is 16.5. The fourth-order valence-electron chi connectivity index (χ4n) is 0.791. The van der Waals surface area contributed by atoms with Crippen LogP contribution in [0.5, 0.6) is 0 Å². The fraction of sp³-hybridized carbons (Fsp3) is 0.833. The van der Waals surface area contributed by atoms with Crippen molar-refractivity contribution >= 4 is 0 Å². The molecule has 8 heavy (non-hydrogen) atoms. The lowest BCUT2D eigenvalue weighted by Gasteiger charge is -2.18. The fourth-order valence-corrected chi connectivity index (χ4v) is 0.791. The summed E-state index contributed by atoms with van der Waals surface area (Å²) in [4.78, 5) is 0. The van der Waals surface area contributed by atoms with Gasteiger partial charge in [-0.3, -0.25) is 0 Å². The predicted molar refractivity (Wildman–Crippen MR) is 30.3 cm³/mol. The van der Waals surface area contributed by atoms with E-state index < -0.39 is 0 Å². The molecule has 2 heteroatoms. The van der Waals surface area contributed by atoms with E-state index >= 15 is 0 Å². The maximum Gasteiger partial charge on any atom is 0.122 e. The molecule has 1 radical (unpaired) electrons. The van der Waals surface area contributed by atoms with Crippen LogP contribution >= 0.6 is 0 Å². The lowest BCUT2D eigenvalue weighted by atomic mass is 10.2. The molecule has 1 fully saturated rings. The van der Waals surface area contributed by atoms with Gasteiger partial charge >= 0.3 is 0 Å². The van der Waals surface area contributed by atoms with Crippen molar-refractivity contribution in [2.24, 2.45) is 0 Å². The Labute approximate surface area is 49.8 Å². The molecule has 2 nitrogen and oxygen atoms in total. The van der Waals surface area contributed by atoms with E-state index in [1.54, 1.807) is 7.11 Å². The second-order valence-corrected chi connectivity index (χ2v) is 1.90. The van der Waals surface area contributed by atoms with Gasteiger partial charge in [-0.1, -0.05) is 0 Å². The van der Waals surface area contributed by atoms with Crippen LogP contribution < -0.4 is 0 Å². The summed E-state index contributed by atoms with van der Waals surface area (Å²) in [5.74, 6) is 0. The SMILES string of the molecule is CO[C]1CCCOC1. The van der Waals surface area contributed by atoms with E-state index in [1.807, 2.05) is 0 Å². The minimum absolute atomic E-state index is 0.705. The van der Waals surface area contributed by atoms with Crippen molar-refractivity contribution in [3.63, 3.8) is 0 Å². The van der Waals surface area contributed by atoms with Crippen molar-refractivity contribution in [2.45, 2.75) is 12.8 Å². The first-order valence-electron chi connectivity index (χ1n) is 2.90. The van der Waals surface area contributed by atoms with Crippen LogP contribution in [0.3, 0.4) is 0 Å². The summed E-state index contributed by atoms with van der Waals surface area (Å²) in [7, 11) is 1.70. The zero-order valence-corrected chi connectivity index (χ0v) is 5.14. The van der Waals surface area contributed by atoms with Gasteiger partial charge in [0.25, 0.3) is 0 Å². The molecule has 0 aromatic carbocycles. The van der Waals surface area contributed by atoms with Gasteiger partial charge < -0.3 is 9.47 Å². The highest BCUT2D eigenvalue weighted by Gasteiger charge is 2.12. The first-order chi connectivity index (χ1) is 3.93. The van der Waals surface area contributed by atoms with Crippen LogP contribution in [-0.2, 0) is 9.47 Å². The van der Waals surface area contributed by atoms with E-state index in [4.69, 9.17) is 9.47 Å². The molecule has 47 valence electrons. The standard InChI is InChI=1S/C6H11O2/c1-7-6-3-2-4-8-5-6/h2-5H2,1H3. The monoisotopic (exact) mass is 115 g/mol. The third-order valence-electron chi connectivity index (χ3n) is 1.30. The minimum Gasteiger partial charge on any atom is -0.378 e. The summed E-state index contributed by atoms with van der Waals surface area (Å²) >= 11 is 0. The Morgan fingerprint density at radius 1 is 1.62 bits per heavy atom. The van der Waals surface area contributed by atoms with E-state index in [1.165, 1.54) is 0 Å². The van der Waals surface area contributed by atoms with Crippen LogP contribution in [0.15, 0.2) is 0 Å². The Bertz CT molecular complexity index is 57.5. The summed E-state index contributed by atoms with van der Waals surface area (Å²) in [6, 6.07) is 0. The van der Waals surface area contributed by atoms with Crippen molar-refractivity contribution in [2.75, 3.05) is 20.3 Å². The van der Waals surface area contributed by atoms with Gasteiger partial charge in [-0.15, -0.1) is 0 Å². The Morgan fingerprint density at radius 2 is 2.50 bits per heavy atom. The van der Waals surface area contributed by atoms with Gasteiger partial charge in [0.2, 0.25) is 0 Å². The molecular formula is C6H11O2. The average Bonchev–Trinajstić information content (AvgIpc) is 1.90. The lowest BCUT2D eigenvalue weighted by molar-refractivity contribution is 0.0343. The number of rotatable bonds is 1. The predicted octanol–water partition coefficient (Wildman–Crippen LogP) is 0.975. The maximum absolute atomic E-state index is 5.11. The second-order valence-electron chi connectivity index (χ2n) is 1.90. The van der Waals surface area contributed by atoms with Crippen LogP contribution in [0.2, 0.25) is 0 Å². The first-order valence-corrected chi connectivity index (χ1v) is 2.90. The van der Waals surface area contributed by atoms with Crippen molar-refractivity contribution in [1.82, 2.24) is 0 Å². The number of methoxy groups -OCH3 is 1. The Balaban J connectivity index is 2.13. The van der Waals surface area contributed by atoms with Gasteiger partial charge in [-0.25, -0.2) is 0 Å². The summed E-state index contributed by atoms with van der Waals surface area (Å²) in [5, 5.41) is 0. The largest absolute Gasteiger partial charge is 0.378 e. The molecule has 0 aromatic heterocycles. The molecule has 0 aromatic rings. The highest BCUT2D eigenvalue weighted by Crippen LogP contribution is 2.14. The zero-order valence-electron chi connectivity index (χ0n) is 5.14. The highest BCUT2D eigenvalue weighted by molar-refractivity contribution is 4.79. The molecule has 0 unspecified atom stereocenters. The summed E-state index contributed by atoms with van der Waals surface area (Å²) < 4.78 is 10.1. The Hall–Kier alpha value is -0.0800. The maximum atomic E-state index is 5.11. The molecule has 0 spiro atoms. The van der Waals surface area contributed by atoms with Crippen molar-refractivity contribution in [3.8, 4) is 0 Å². The number of hydrogen-bond acceptors (Lipinski definition) is 2. The summed E-state index contributed by atoms with van der Waals surface area (Å²) in [5.41, 5.74) is 0. The van der Waals surface area contributed by atoms with Crippen molar-refractivity contribution in [3.05, 3.63) is 6.10 Å². The van der Waals surface area contributed by atoms with E-state index in [-0.39, 0.29) is 0 Å². The Morgan fingerprint density at radius 3 is 2.88 bits per heavy atom. The molecule has 1 aliphatic rings. The normalized spacial score (nSPS) is 23.6. The summed E-state index contributed by atoms with van der Waals surface area (Å²) in [6.45, 7) is 1.60. The van der Waals surface area contributed by atoms with Gasteiger partial charge in [-0.05, 0) is 12.8 Å². The smallest absolute Gasteiger partial charge is 0.122 e. The summed E-state index contributed by atoms with van der Waals surface area (Å²) in [6.07, 6.45) is 3.27. The molecule has 0 amide bonds. The van der Waals surface area contributed by atoms with Crippen LogP contribution in [-0.4, -0.2) is 20.3 Å². The molecule has 1 rings (SSSR count). The van der Waals surface area contributed by atoms with Gasteiger partial charge in [-0.2, -0.15) is 0 Å². The molecular weight excluding hydrogens is 104 g/mol. The average molecular weight is 115 g/mol. The molecule has 1 saturated heterocycles. The zero-order chi connectivity index (χ0) is 5.82. The molecule has 0 bridgehead atoms. The van der Waals surface area contributed by atoms with E-state index in [2.05, 4.69) is 0 Å². The third-order valence-corrected chi connectivity index (χ3v) is 1.30. The van der Waals surface area contributed by atoms with E-state index in [9.17, 15) is 0 Å². The topological polar surface area (TPSA) is 18.5 Å². The molecule has 0 saturated carbocycles. The van der Waals surface area contributed by atoms with Crippen LogP contribution in [0.4, 0.5) is 0 Å². The van der Waals surface area contributed by atoms with Crippen LogP contribution in [0.1, 0.15) is 12.8 Å². The Kier molecular flexibility index (Phi) is 2.30. The van der Waals surface area contributed by atoms with Gasteiger partial charge in [0, 0.05) is 13.7 Å². The van der Waals surface area contributed by atoms with Crippen molar-refractivity contribution in [1.29, 1.82) is 0 Å². The minimum atomic E-state index is 0.705. The quantitative estimate of drug-likeness (QED) is 0.507. The van der Waals surface area contributed by atoms with Crippen molar-refractivity contribution < 1.29 is 9.47 Å². The van der Waals surface area contributed by atoms with Gasteiger partial charge in [0.1, 0.15) is 6.10 Å². The first kappa shape index (κ1) is 6.05. The molecule has 0 aliphatic carbocycles. The second kappa shape index (κ2) is 3.05. The van der Waals surface area contributed by atoms with Gasteiger partial charge in [0.15, 0.2) is 0 Å². The third kappa shape index (κ3) is 1.46. The number of hydrogen-bond donors (Lipinski definition) is 0. The lowest BCUT2D eigenvalue weighted by Crippen LogP contribution is -2.16. The van der Waals surface area contributed by atoms with Gasteiger partial charge in [0.05, 0.1) is 6.61 Å². The molecule has 1 aliphatic heterocycles. The van der Waals surface area contributed by atoms with E-state index in [0.29, 0.717) is 6.61 Å².